The van der Waals surface area contributed by atoms with E-state index >= 15 is 0 Å². The summed E-state index contributed by atoms with van der Waals surface area (Å²) in [6, 6.07) is 9.61. The molecule has 7 heteroatoms. The Morgan fingerprint density at radius 3 is 2.67 bits per heavy atom. The van der Waals surface area contributed by atoms with Gasteiger partial charge in [-0.05, 0) is 24.3 Å². The lowest BCUT2D eigenvalue weighted by Gasteiger charge is -2.21. The van der Waals surface area contributed by atoms with Gasteiger partial charge in [0.2, 0.25) is 5.95 Å². The maximum absolute atomic E-state index is 12.9. The molecule has 2 aromatic heterocycles. The van der Waals surface area contributed by atoms with E-state index in [1.54, 1.807) is 12.4 Å². The van der Waals surface area contributed by atoms with Gasteiger partial charge in [0.05, 0.1) is 6.20 Å². The SMILES string of the molecule is CN(C)c1nc(N2CCCC2)ncc1NC(=O)c1nccc2ccccc12. The number of pyridine rings is 1. The van der Waals surface area contributed by atoms with E-state index in [4.69, 9.17) is 0 Å². The molecule has 27 heavy (non-hydrogen) atoms. The summed E-state index contributed by atoms with van der Waals surface area (Å²) in [6.45, 7) is 1.94. The van der Waals surface area contributed by atoms with E-state index in [0.29, 0.717) is 23.1 Å². The number of hydrogen-bond donors (Lipinski definition) is 1. The number of amides is 1. The van der Waals surface area contributed by atoms with Crippen molar-refractivity contribution in [3.05, 3.63) is 48.4 Å². The summed E-state index contributed by atoms with van der Waals surface area (Å²) < 4.78 is 0. The molecule has 1 aromatic carbocycles. The molecule has 0 saturated carbocycles. The minimum atomic E-state index is -0.271. The van der Waals surface area contributed by atoms with Gasteiger partial charge in [-0.1, -0.05) is 24.3 Å². The van der Waals surface area contributed by atoms with Crippen LogP contribution in [0.25, 0.3) is 10.8 Å². The first-order chi connectivity index (χ1) is 13.1. The molecule has 0 aliphatic carbocycles. The number of fused-ring (bicyclic) bond motifs is 1. The van der Waals surface area contributed by atoms with Crippen LogP contribution in [0.5, 0.6) is 0 Å². The number of nitrogens with one attached hydrogen (secondary N) is 1. The Labute approximate surface area is 158 Å². The summed E-state index contributed by atoms with van der Waals surface area (Å²) >= 11 is 0. The molecule has 0 bridgehead atoms. The Balaban J connectivity index is 1.65. The topological polar surface area (TPSA) is 74.2 Å². The van der Waals surface area contributed by atoms with E-state index < -0.39 is 0 Å². The fraction of sp³-hybridized carbons (Fsp3) is 0.300. The molecule has 1 aliphatic heterocycles. The monoisotopic (exact) mass is 362 g/mol. The fourth-order valence-corrected chi connectivity index (χ4v) is 3.34. The number of carbonyl (C=O) groups excluding carboxylic acids is 1. The standard InChI is InChI=1S/C20H22N6O/c1-25(2)18-16(13-22-20(24-18)26-11-5-6-12-26)23-19(27)17-15-8-4-3-7-14(15)9-10-21-17/h3-4,7-10,13H,5-6,11-12H2,1-2H3,(H,23,27). The number of anilines is 3. The zero-order valence-electron chi connectivity index (χ0n) is 15.5. The number of rotatable bonds is 4. The third kappa shape index (κ3) is 3.40. The lowest BCUT2D eigenvalue weighted by atomic mass is 10.1. The predicted molar refractivity (Wildman–Crippen MR) is 108 cm³/mol. The van der Waals surface area contributed by atoms with Crippen LogP contribution in [0.4, 0.5) is 17.5 Å². The van der Waals surface area contributed by atoms with Crippen LogP contribution in [-0.2, 0) is 0 Å². The Kier molecular flexibility index (Phi) is 4.58. The van der Waals surface area contributed by atoms with E-state index in [0.717, 1.165) is 36.7 Å². The molecule has 0 radical (unpaired) electrons. The third-order valence-corrected chi connectivity index (χ3v) is 4.71. The summed E-state index contributed by atoms with van der Waals surface area (Å²) in [6.07, 6.45) is 5.65. The van der Waals surface area contributed by atoms with Gasteiger partial charge in [0.15, 0.2) is 5.82 Å². The van der Waals surface area contributed by atoms with Gasteiger partial charge in [-0.15, -0.1) is 0 Å². The summed E-state index contributed by atoms with van der Waals surface area (Å²) in [5.74, 6) is 1.12. The first kappa shape index (κ1) is 17.2. The van der Waals surface area contributed by atoms with Crippen LogP contribution in [0.1, 0.15) is 23.3 Å². The zero-order valence-corrected chi connectivity index (χ0v) is 15.5. The molecular formula is C20H22N6O. The minimum absolute atomic E-state index is 0.271. The quantitative estimate of drug-likeness (QED) is 0.769. The molecule has 0 atom stereocenters. The molecular weight excluding hydrogens is 340 g/mol. The normalized spacial score (nSPS) is 13.8. The Morgan fingerprint density at radius 2 is 1.89 bits per heavy atom. The molecule has 138 valence electrons. The first-order valence-electron chi connectivity index (χ1n) is 9.08. The summed E-state index contributed by atoms with van der Waals surface area (Å²) in [5.41, 5.74) is 0.962. The average Bonchev–Trinajstić information content (AvgIpc) is 3.22. The highest BCUT2D eigenvalue weighted by molar-refractivity contribution is 6.12. The van der Waals surface area contributed by atoms with Crippen LogP contribution < -0.4 is 15.1 Å². The van der Waals surface area contributed by atoms with E-state index in [9.17, 15) is 4.79 Å². The third-order valence-electron chi connectivity index (χ3n) is 4.71. The number of carbonyl (C=O) groups is 1. The molecule has 1 amide bonds. The molecule has 1 saturated heterocycles. The summed E-state index contributed by atoms with van der Waals surface area (Å²) in [7, 11) is 3.81. The molecule has 1 N–H and O–H groups in total. The maximum Gasteiger partial charge on any atom is 0.275 e. The smallest absolute Gasteiger partial charge is 0.275 e. The van der Waals surface area contributed by atoms with Crippen molar-refractivity contribution in [1.29, 1.82) is 0 Å². The maximum atomic E-state index is 12.9. The van der Waals surface area contributed by atoms with Crippen molar-refractivity contribution in [1.82, 2.24) is 15.0 Å². The molecule has 4 rings (SSSR count). The molecule has 0 spiro atoms. The van der Waals surface area contributed by atoms with Crippen molar-refractivity contribution >= 4 is 34.1 Å². The number of benzene rings is 1. The lowest BCUT2D eigenvalue weighted by Crippen LogP contribution is -2.24. The fourth-order valence-electron chi connectivity index (χ4n) is 3.34. The van der Waals surface area contributed by atoms with Gasteiger partial charge in [-0.25, -0.2) is 4.98 Å². The van der Waals surface area contributed by atoms with Gasteiger partial charge < -0.3 is 15.1 Å². The van der Waals surface area contributed by atoms with Gasteiger partial charge in [0, 0.05) is 38.8 Å². The second kappa shape index (κ2) is 7.19. The van der Waals surface area contributed by atoms with Gasteiger partial charge in [-0.3, -0.25) is 9.78 Å². The summed E-state index contributed by atoms with van der Waals surface area (Å²) in [5, 5.41) is 4.73. The van der Waals surface area contributed by atoms with Gasteiger partial charge >= 0.3 is 0 Å². The second-order valence-electron chi connectivity index (χ2n) is 6.83. The van der Waals surface area contributed by atoms with Crippen molar-refractivity contribution in [3.63, 3.8) is 0 Å². The molecule has 7 nitrogen and oxygen atoms in total. The molecule has 1 aliphatic rings. The van der Waals surface area contributed by atoms with Crippen molar-refractivity contribution < 1.29 is 4.79 Å². The van der Waals surface area contributed by atoms with E-state index in [-0.39, 0.29) is 5.91 Å². The average molecular weight is 362 g/mol. The number of aromatic nitrogens is 3. The van der Waals surface area contributed by atoms with Crippen molar-refractivity contribution in [3.8, 4) is 0 Å². The predicted octanol–water partition coefficient (Wildman–Crippen LogP) is 2.94. The van der Waals surface area contributed by atoms with Crippen molar-refractivity contribution in [2.75, 3.05) is 42.3 Å². The first-order valence-corrected chi connectivity index (χ1v) is 9.08. The van der Waals surface area contributed by atoms with Crippen LogP contribution in [0.15, 0.2) is 42.7 Å². The van der Waals surface area contributed by atoms with Crippen LogP contribution in [0.2, 0.25) is 0 Å². The summed E-state index contributed by atoms with van der Waals surface area (Å²) in [4.78, 5) is 30.4. The zero-order chi connectivity index (χ0) is 18.8. The van der Waals surface area contributed by atoms with Crippen molar-refractivity contribution in [2.45, 2.75) is 12.8 Å². The van der Waals surface area contributed by atoms with Crippen LogP contribution in [-0.4, -0.2) is 48.0 Å². The Morgan fingerprint density at radius 1 is 1.11 bits per heavy atom. The second-order valence-corrected chi connectivity index (χ2v) is 6.83. The van der Waals surface area contributed by atoms with Crippen molar-refractivity contribution in [2.24, 2.45) is 0 Å². The number of nitrogens with zero attached hydrogens (tertiary/aromatic N) is 5. The van der Waals surface area contributed by atoms with E-state index in [1.165, 1.54) is 0 Å². The van der Waals surface area contributed by atoms with Gasteiger partial charge in [0.1, 0.15) is 11.4 Å². The lowest BCUT2D eigenvalue weighted by molar-refractivity contribution is 0.102. The highest BCUT2D eigenvalue weighted by Crippen LogP contribution is 2.26. The molecule has 1 fully saturated rings. The van der Waals surface area contributed by atoms with E-state index in [1.807, 2.05) is 49.3 Å². The highest BCUT2D eigenvalue weighted by Gasteiger charge is 2.20. The molecule has 0 unspecified atom stereocenters. The van der Waals surface area contributed by atoms with Crippen LogP contribution >= 0.6 is 0 Å². The van der Waals surface area contributed by atoms with Crippen LogP contribution in [0, 0.1) is 0 Å². The largest absolute Gasteiger partial charge is 0.361 e. The van der Waals surface area contributed by atoms with Crippen LogP contribution in [0.3, 0.4) is 0 Å². The van der Waals surface area contributed by atoms with E-state index in [2.05, 4.69) is 25.2 Å². The molecule has 3 heterocycles. The number of hydrogen-bond acceptors (Lipinski definition) is 6. The highest BCUT2D eigenvalue weighted by atomic mass is 16.1. The van der Waals surface area contributed by atoms with Gasteiger partial charge in [-0.2, -0.15) is 4.98 Å². The minimum Gasteiger partial charge on any atom is -0.361 e. The molecule has 3 aromatic rings. The van der Waals surface area contributed by atoms with Gasteiger partial charge in [0.25, 0.3) is 5.91 Å². The Bertz CT molecular complexity index is 976. The Hall–Kier alpha value is -3.22.